The SMILES string of the molecule is Cc1ccc(NC(=O)c2ccc(C#CCN)c(F)c2)cn1. The molecule has 0 saturated heterocycles. The number of nitrogens with zero attached hydrogens (tertiary/aromatic N) is 1. The lowest BCUT2D eigenvalue weighted by atomic mass is 10.1. The van der Waals surface area contributed by atoms with Gasteiger partial charge >= 0.3 is 0 Å². The summed E-state index contributed by atoms with van der Waals surface area (Å²) in [5.74, 6) is 4.22. The molecule has 21 heavy (non-hydrogen) atoms. The van der Waals surface area contributed by atoms with E-state index in [1.807, 2.05) is 6.92 Å². The molecule has 0 radical (unpaired) electrons. The Morgan fingerprint density at radius 1 is 1.38 bits per heavy atom. The Morgan fingerprint density at radius 3 is 2.81 bits per heavy atom. The van der Waals surface area contributed by atoms with Gasteiger partial charge in [-0.3, -0.25) is 9.78 Å². The summed E-state index contributed by atoms with van der Waals surface area (Å²) in [6.45, 7) is 2.00. The van der Waals surface area contributed by atoms with E-state index in [4.69, 9.17) is 5.73 Å². The Morgan fingerprint density at radius 2 is 2.19 bits per heavy atom. The monoisotopic (exact) mass is 283 g/mol. The zero-order valence-corrected chi connectivity index (χ0v) is 11.5. The Hall–Kier alpha value is -2.71. The van der Waals surface area contributed by atoms with Gasteiger partial charge in [0.15, 0.2) is 0 Å². The van der Waals surface area contributed by atoms with E-state index in [1.54, 1.807) is 18.3 Å². The summed E-state index contributed by atoms with van der Waals surface area (Å²) >= 11 is 0. The zero-order chi connectivity index (χ0) is 15.2. The maximum atomic E-state index is 13.8. The van der Waals surface area contributed by atoms with Crippen LogP contribution in [0.4, 0.5) is 10.1 Å². The molecule has 2 aromatic rings. The van der Waals surface area contributed by atoms with Crippen LogP contribution in [0.2, 0.25) is 0 Å². The second-order valence-corrected chi connectivity index (χ2v) is 4.34. The number of aryl methyl sites for hydroxylation is 1. The van der Waals surface area contributed by atoms with Crippen LogP contribution < -0.4 is 11.1 Å². The predicted molar refractivity (Wildman–Crippen MR) is 79.3 cm³/mol. The first-order chi connectivity index (χ1) is 10.1. The maximum absolute atomic E-state index is 13.8. The van der Waals surface area contributed by atoms with Crippen LogP contribution in [0.5, 0.6) is 0 Å². The van der Waals surface area contributed by atoms with Gasteiger partial charge in [-0.25, -0.2) is 4.39 Å². The Bertz CT molecular complexity index is 715. The van der Waals surface area contributed by atoms with Crippen LogP contribution in [0.3, 0.4) is 0 Å². The number of aromatic nitrogens is 1. The molecule has 1 aromatic heterocycles. The van der Waals surface area contributed by atoms with Crippen LogP contribution >= 0.6 is 0 Å². The predicted octanol–water partition coefficient (Wildman–Crippen LogP) is 2.09. The number of pyridine rings is 1. The molecule has 3 N–H and O–H groups in total. The summed E-state index contributed by atoms with van der Waals surface area (Å²) in [5.41, 5.74) is 7.07. The third-order valence-corrected chi connectivity index (χ3v) is 2.73. The number of carbonyl (C=O) groups excluding carboxylic acids is 1. The van der Waals surface area contributed by atoms with Gasteiger partial charge in [-0.15, -0.1) is 0 Å². The number of anilines is 1. The van der Waals surface area contributed by atoms with Crippen LogP contribution in [0.25, 0.3) is 0 Å². The molecule has 0 bridgehead atoms. The third-order valence-electron chi connectivity index (χ3n) is 2.73. The van der Waals surface area contributed by atoms with E-state index in [9.17, 15) is 9.18 Å². The fourth-order valence-corrected chi connectivity index (χ4v) is 1.65. The average Bonchev–Trinajstić information content (AvgIpc) is 2.48. The molecule has 0 unspecified atom stereocenters. The van der Waals surface area contributed by atoms with Crippen LogP contribution in [-0.2, 0) is 0 Å². The van der Waals surface area contributed by atoms with Crippen LogP contribution in [0.1, 0.15) is 21.6 Å². The molecule has 0 fully saturated rings. The van der Waals surface area contributed by atoms with E-state index in [-0.39, 0.29) is 17.7 Å². The minimum atomic E-state index is -0.550. The number of amides is 1. The highest BCUT2D eigenvalue weighted by atomic mass is 19.1. The number of hydrogen-bond acceptors (Lipinski definition) is 3. The van der Waals surface area contributed by atoms with Gasteiger partial charge in [0.05, 0.1) is 24.0 Å². The first-order valence-electron chi connectivity index (χ1n) is 6.32. The molecule has 0 aliphatic rings. The van der Waals surface area contributed by atoms with Crippen molar-refractivity contribution in [3.8, 4) is 11.8 Å². The van der Waals surface area contributed by atoms with Crippen molar-refractivity contribution in [3.05, 3.63) is 59.2 Å². The lowest BCUT2D eigenvalue weighted by Crippen LogP contribution is -2.12. The summed E-state index contributed by atoms with van der Waals surface area (Å²) in [6.07, 6.45) is 1.55. The summed E-state index contributed by atoms with van der Waals surface area (Å²) in [6, 6.07) is 7.64. The molecule has 4 nitrogen and oxygen atoms in total. The first kappa shape index (κ1) is 14.7. The Labute approximate surface area is 122 Å². The smallest absolute Gasteiger partial charge is 0.255 e. The number of benzene rings is 1. The van der Waals surface area contributed by atoms with Gasteiger partial charge in [-0.2, -0.15) is 0 Å². The molecule has 0 atom stereocenters. The van der Waals surface area contributed by atoms with Crippen molar-refractivity contribution in [1.82, 2.24) is 4.98 Å². The van der Waals surface area contributed by atoms with Crippen LogP contribution in [0, 0.1) is 24.6 Å². The number of nitrogens with one attached hydrogen (secondary N) is 1. The quantitative estimate of drug-likeness (QED) is 0.829. The molecular formula is C16H14FN3O. The van der Waals surface area contributed by atoms with E-state index in [0.29, 0.717) is 5.69 Å². The number of carbonyl (C=O) groups is 1. The van der Waals surface area contributed by atoms with Crippen molar-refractivity contribution >= 4 is 11.6 Å². The van der Waals surface area contributed by atoms with Crippen molar-refractivity contribution in [2.45, 2.75) is 6.92 Å². The highest BCUT2D eigenvalue weighted by Gasteiger charge is 2.09. The fourth-order valence-electron chi connectivity index (χ4n) is 1.65. The highest BCUT2D eigenvalue weighted by Crippen LogP contribution is 2.12. The van der Waals surface area contributed by atoms with Gasteiger partial charge in [-0.05, 0) is 37.3 Å². The van der Waals surface area contributed by atoms with Gasteiger partial charge in [0.25, 0.3) is 5.91 Å². The van der Waals surface area contributed by atoms with E-state index in [1.165, 1.54) is 12.1 Å². The van der Waals surface area contributed by atoms with Crippen LogP contribution in [0.15, 0.2) is 36.5 Å². The number of halogens is 1. The van der Waals surface area contributed by atoms with Crippen molar-refractivity contribution in [2.24, 2.45) is 5.73 Å². The molecule has 106 valence electrons. The average molecular weight is 283 g/mol. The number of hydrogen-bond donors (Lipinski definition) is 2. The molecule has 0 aliphatic carbocycles. The maximum Gasteiger partial charge on any atom is 0.255 e. The summed E-state index contributed by atoms with van der Waals surface area (Å²) in [4.78, 5) is 16.1. The van der Waals surface area contributed by atoms with Crippen molar-refractivity contribution < 1.29 is 9.18 Å². The van der Waals surface area contributed by atoms with Gasteiger partial charge in [0.1, 0.15) is 5.82 Å². The molecule has 0 aliphatic heterocycles. The normalized spacial score (nSPS) is 9.67. The summed E-state index contributed by atoms with van der Waals surface area (Å²) in [5, 5.41) is 2.65. The lowest BCUT2D eigenvalue weighted by Gasteiger charge is -2.06. The van der Waals surface area contributed by atoms with Crippen molar-refractivity contribution in [3.63, 3.8) is 0 Å². The van der Waals surface area contributed by atoms with Crippen molar-refractivity contribution in [2.75, 3.05) is 11.9 Å². The lowest BCUT2D eigenvalue weighted by molar-refractivity contribution is 0.102. The number of nitrogens with two attached hydrogens (primary N) is 1. The molecule has 0 spiro atoms. The zero-order valence-electron chi connectivity index (χ0n) is 11.5. The summed E-state index contributed by atoms with van der Waals surface area (Å²) < 4.78 is 13.8. The minimum absolute atomic E-state index is 0.155. The highest BCUT2D eigenvalue weighted by molar-refractivity contribution is 6.04. The van der Waals surface area contributed by atoms with Gasteiger partial charge in [-0.1, -0.05) is 11.8 Å². The molecule has 2 rings (SSSR count). The van der Waals surface area contributed by atoms with Gasteiger partial charge in [0.2, 0.25) is 0 Å². The largest absolute Gasteiger partial charge is 0.321 e. The van der Waals surface area contributed by atoms with Crippen LogP contribution in [-0.4, -0.2) is 17.4 Å². The number of rotatable bonds is 2. The third kappa shape index (κ3) is 3.88. The first-order valence-corrected chi connectivity index (χ1v) is 6.32. The molecular weight excluding hydrogens is 269 g/mol. The Balaban J connectivity index is 2.16. The Kier molecular flexibility index (Phi) is 4.64. The van der Waals surface area contributed by atoms with Gasteiger partial charge in [0, 0.05) is 11.3 Å². The molecule has 0 saturated carbocycles. The van der Waals surface area contributed by atoms with E-state index in [0.717, 1.165) is 11.8 Å². The molecule has 1 amide bonds. The molecule has 1 heterocycles. The summed E-state index contributed by atoms with van der Waals surface area (Å²) in [7, 11) is 0. The van der Waals surface area contributed by atoms with Crippen molar-refractivity contribution in [1.29, 1.82) is 0 Å². The minimum Gasteiger partial charge on any atom is -0.321 e. The standard InChI is InChI=1S/C16H14FN3O/c1-11-4-7-14(10-19-11)20-16(21)13-6-5-12(3-2-8-18)15(17)9-13/h4-7,9-10H,8,18H2,1H3,(H,20,21). The van der Waals surface area contributed by atoms with E-state index in [2.05, 4.69) is 22.1 Å². The molecule has 5 heteroatoms. The second kappa shape index (κ2) is 6.64. The van der Waals surface area contributed by atoms with E-state index >= 15 is 0 Å². The second-order valence-electron chi connectivity index (χ2n) is 4.34. The van der Waals surface area contributed by atoms with Gasteiger partial charge < -0.3 is 11.1 Å². The van der Waals surface area contributed by atoms with E-state index < -0.39 is 11.7 Å². The fraction of sp³-hybridized carbons (Fsp3) is 0.125. The molecule has 1 aromatic carbocycles. The topological polar surface area (TPSA) is 68.0 Å².